The summed E-state index contributed by atoms with van der Waals surface area (Å²) in [4.78, 5) is 32.4. The fraction of sp³-hybridized carbons (Fsp3) is 0.375. The van der Waals surface area contributed by atoms with Gasteiger partial charge in [-0.1, -0.05) is 23.2 Å². The summed E-state index contributed by atoms with van der Waals surface area (Å²) in [7, 11) is 3.51. The highest BCUT2D eigenvalue weighted by Crippen LogP contribution is 2.33. The van der Waals surface area contributed by atoms with Crippen molar-refractivity contribution in [3.05, 3.63) is 57.6 Å². The zero-order valence-electron chi connectivity index (χ0n) is 20.2. The van der Waals surface area contributed by atoms with Crippen molar-refractivity contribution in [2.75, 3.05) is 37.4 Å². The molecule has 3 rings (SSSR count). The molecule has 4 N–H and O–H groups in total. The van der Waals surface area contributed by atoms with Crippen LogP contribution in [0.15, 0.2) is 41.4 Å². The molecule has 1 unspecified atom stereocenters. The van der Waals surface area contributed by atoms with Gasteiger partial charge >= 0.3 is 6.18 Å². The molecule has 0 spiro atoms. The van der Waals surface area contributed by atoms with Crippen LogP contribution in [-0.4, -0.2) is 55.9 Å². The molecule has 0 bridgehead atoms. The summed E-state index contributed by atoms with van der Waals surface area (Å²) in [5.41, 5.74) is 6.56. The minimum absolute atomic E-state index is 0.0603. The summed E-state index contributed by atoms with van der Waals surface area (Å²) in [5, 5.41) is 5.67. The number of hydrogen-bond acceptors (Lipinski definition) is 5. The van der Waals surface area contributed by atoms with E-state index in [0.717, 1.165) is 12.1 Å². The highest BCUT2D eigenvalue weighted by Gasteiger charge is 2.33. The number of carbonyl (C=O) groups is 2. The molecule has 0 saturated carbocycles. The van der Waals surface area contributed by atoms with Crippen LogP contribution in [-0.2, 0) is 22.3 Å². The number of nitrogens with one attached hydrogen (secondary N) is 2. The van der Waals surface area contributed by atoms with E-state index < -0.39 is 23.7 Å². The van der Waals surface area contributed by atoms with Gasteiger partial charge in [0.25, 0.3) is 0 Å². The molecule has 1 aliphatic rings. The van der Waals surface area contributed by atoms with E-state index in [1.807, 2.05) is 0 Å². The zero-order chi connectivity index (χ0) is 27.3. The van der Waals surface area contributed by atoms with Gasteiger partial charge in [0.2, 0.25) is 11.8 Å². The molecule has 0 aromatic heterocycles. The first-order valence-electron chi connectivity index (χ1n) is 11.3. The molecule has 1 aliphatic heterocycles. The maximum Gasteiger partial charge on any atom is 0.416 e. The van der Waals surface area contributed by atoms with Crippen LogP contribution in [0.4, 0.5) is 24.5 Å². The number of guanidine groups is 1. The lowest BCUT2D eigenvalue weighted by molar-refractivity contribution is -0.137. The minimum Gasteiger partial charge on any atom is -0.370 e. The third-order valence-electron chi connectivity index (χ3n) is 5.59. The van der Waals surface area contributed by atoms with Crippen molar-refractivity contribution in [3.63, 3.8) is 0 Å². The van der Waals surface area contributed by atoms with Gasteiger partial charge in [-0.3, -0.25) is 14.9 Å². The average Bonchev–Trinajstić information content (AvgIpc) is 3.29. The summed E-state index contributed by atoms with van der Waals surface area (Å²) in [6.45, 7) is 0.742. The Kier molecular flexibility index (Phi) is 9.27. The normalized spacial score (nSPS) is 16.3. The Morgan fingerprint density at radius 2 is 1.78 bits per heavy atom. The second-order valence-electron chi connectivity index (χ2n) is 8.81. The monoisotopic (exact) mass is 558 g/mol. The van der Waals surface area contributed by atoms with E-state index in [4.69, 9.17) is 28.9 Å². The molecule has 0 aliphatic carbocycles. The first kappa shape index (κ1) is 28.5. The maximum atomic E-state index is 12.9. The topological polar surface area (TPSA) is 103 Å². The van der Waals surface area contributed by atoms with E-state index in [-0.39, 0.29) is 40.7 Å². The van der Waals surface area contributed by atoms with Gasteiger partial charge in [-0.25, -0.2) is 4.99 Å². The van der Waals surface area contributed by atoms with Crippen LogP contribution in [0.5, 0.6) is 0 Å². The van der Waals surface area contributed by atoms with Gasteiger partial charge < -0.3 is 20.9 Å². The van der Waals surface area contributed by atoms with Crippen LogP contribution >= 0.6 is 23.2 Å². The Labute approximate surface area is 222 Å². The average molecular weight is 559 g/mol. The number of aliphatic imine (C=N–C) groups is 1. The molecular formula is C24H27Cl2F3N6O2. The molecule has 1 heterocycles. The number of rotatable bonds is 7. The highest BCUT2D eigenvalue weighted by atomic mass is 35.5. The van der Waals surface area contributed by atoms with Crippen LogP contribution in [0.2, 0.25) is 10.0 Å². The van der Waals surface area contributed by atoms with Crippen molar-refractivity contribution in [1.29, 1.82) is 0 Å². The first-order chi connectivity index (χ1) is 17.3. The number of benzene rings is 2. The Morgan fingerprint density at radius 3 is 2.35 bits per heavy atom. The van der Waals surface area contributed by atoms with Gasteiger partial charge in [-0.05, 0) is 68.9 Å². The first-order valence-corrected chi connectivity index (χ1v) is 12.1. The van der Waals surface area contributed by atoms with Gasteiger partial charge in [0, 0.05) is 12.2 Å². The number of anilines is 2. The lowest BCUT2D eigenvalue weighted by Gasteiger charge is -2.26. The Balaban J connectivity index is 1.62. The van der Waals surface area contributed by atoms with Crippen molar-refractivity contribution >= 4 is 52.4 Å². The molecule has 2 aromatic carbocycles. The molecule has 13 heteroatoms. The van der Waals surface area contributed by atoms with Crippen LogP contribution in [0.25, 0.3) is 0 Å². The molecule has 2 amide bonds. The van der Waals surface area contributed by atoms with E-state index in [1.165, 1.54) is 12.1 Å². The van der Waals surface area contributed by atoms with Crippen LogP contribution in [0, 0.1) is 0 Å². The van der Waals surface area contributed by atoms with Gasteiger partial charge in [0.05, 0.1) is 34.4 Å². The Bertz CT molecular complexity index is 1150. The summed E-state index contributed by atoms with van der Waals surface area (Å²) >= 11 is 12.6. The third kappa shape index (κ3) is 7.73. The number of hydrogen-bond donors (Lipinski definition) is 3. The fourth-order valence-corrected chi connectivity index (χ4v) is 4.54. The lowest BCUT2D eigenvalue weighted by Crippen LogP contribution is -2.48. The zero-order valence-corrected chi connectivity index (χ0v) is 21.7. The Hall–Kier alpha value is -3.02. The largest absolute Gasteiger partial charge is 0.416 e. The van der Waals surface area contributed by atoms with E-state index in [2.05, 4.69) is 15.6 Å². The quantitative estimate of drug-likeness (QED) is 0.350. The van der Waals surface area contributed by atoms with Gasteiger partial charge in [0.15, 0.2) is 5.96 Å². The number of likely N-dealkylation sites (N-methyl/N-ethyl adjacent to an activating group) is 1. The van der Waals surface area contributed by atoms with Crippen LogP contribution < -0.4 is 21.3 Å². The van der Waals surface area contributed by atoms with E-state index in [1.54, 1.807) is 36.0 Å². The SMILES string of the molecule is CN(C)CC(=O)Nc1c(Cl)cc(CN=C(N)NC(=O)C2CCCN2c2ccc(C(F)(F)F)cc2)cc1Cl. The number of amides is 2. The predicted octanol–water partition coefficient (Wildman–Crippen LogP) is 4.11. The van der Waals surface area contributed by atoms with Crippen molar-refractivity contribution < 1.29 is 22.8 Å². The number of nitrogens with zero attached hydrogens (tertiary/aromatic N) is 3. The fourth-order valence-electron chi connectivity index (χ4n) is 3.92. The maximum absolute atomic E-state index is 12.9. The molecule has 2 aromatic rings. The molecule has 8 nitrogen and oxygen atoms in total. The predicted molar refractivity (Wildman–Crippen MR) is 139 cm³/mol. The number of halogens is 5. The summed E-state index contributed by atoms with van der Waals surface area (Å²) in [6.07, 6.45) is -3.21. The van der Waals surface area contributed by atoms with Gasteiger partial charge in [-0.2, -0.15) is 13.2 Å². The van der Waals surface area contributed by atoms with Crippen molar-refractivity contribution in [2.24, 2.45) is 10.7 Å². The van der Waals surface area contributed by atoms with Crippen LogP contribution in [0.1, 0.15) is 24.0 Å². The number of nitrogens with two attached hydrogens (primary N) is 1. The second kappa shape index (κ2) is 12.0. The molecule has 1 fully saturated rings. The molecule has 0 radical (unpaired) electrons. The number of carbonyl (C=O) groups excluding carboxylic acids is 2. The highest BCUT2D eigenvalue weighted by molar-refractivity contribution is 6.39. The smallest absolute Gasteiger partial charge is 0.370 e. The Morgan fingerprint density at radius 1 is 1.16 bits per heavy atom. The summed E-state index contributed by atoms with van der Waals surface area (Å²) < 4.78 is 38.6. The van der Waals surface area contributed by atoms with Crippen molar-refractivity contribution in [3.8, 4) is 0 Å². The lowest BCUT2D eigenvalue weighted by atomic mass is 10.1. The number of alkyl halides is 3. The molecule has 37 heavy (non-hydrogen) atoms. The summed E-state index contributed by atoms with van der Waals surface area (Å²) in [6, 6.07) is 7.26. The standard InChI is InChI=1S/C24H27Cl2F3N6O2/c1-34(2)13-20(36)32-21-17(25)10-14(11-18(21)26)12-31-23(30)33-22(37)19-4-3-9-35(19)16-7-5-15(6-8-16)24(27,28)29/h5-8,10-11,19H,3-4,9,12-13H2,1-2H3,(H,32,36)(H3,30,31,33,37). The molecular weight excluding hydrogens is 532 g/mol. The third-order valence-corrected chi connectivity index (χ3v) is 6.19. The van der Waals surface area contributed by atoms with Crippen molar-refractivity contribution in [1.82, 2.24) is 10.2 Å². The summed E-state index contributed by atoms with van der Waals surface area (Å²) in [5.74, 6) is -0.808. The molecule has 1 atom stereocenters. The minimum atomic E-state index is -4.43. The van der Waals surface area contributed by atoms with Crippen molar-refractivity contribution in [2.45, 2.75) is 31.6 Å². The molecule has 200 valence electrons. The van der Waals surface area contributed by atoms with Gasteiger partial charge in [-0.15, -0.1) is 0 Å². The van der Waals surface area contributed by atoms with E-state index in [9.17, 15) is 22.8 Å². The van der Waals surface area contributed by atoms with E-state index in [0.29, 0.717) is 30.6 Å². The van der Waals surface area contributed by atoms with Crippen LogP contribution in [0.3, 0.4) is 0 Å². The van der Waals surface area contributed by atoms with E-state index >= 15 is 0 Å². The van der Waals surface area contributed by atoms with Gasteiger partial charge in [0.1, 0.15) is 6.04 Å². The molecule has 1 saturated heterocycles. The second-order valence-corrected chi connectivity index (χ2v) is 9.62.